The second-order valence-corrected chi connectivity index (χ2v) is 6.53. The summed E-state index contributed by atoms with van der Waals surface area (Å²) >= 11 is 0. The molecule has 5 nitrogen and oxygen atoms in total. The average molecular weight is 319 g/mol. The van der Waals surface area contributed by atoms with Gasteiger partial charge in [-0.05, 0) is 39.4 Å². The number of carbonyl (C=O) groups excluding carboxylic acids is 1. The van der Waals surface area contributed by atoms with Crippen molar-refractivity contribution in [2.45, 2.75) is 31.8 Å². The number of carbonyl (C=O) groups is 1. The number of rotatable bonds is 5. The van der Waals surface area contributed by atoms with E-state index in [0.29, 0.717) is 6.54 Å². The third kappa shape index (κ3) is 4.94. The maximum atomic E-state index is 12.4. The Morgan fingerprint density at radius 3 is 2.61 bits per heavy atom. The van der Waals surface area contributed by atoms with Crippen LogP contribution in [0.25, 0.3) is 0 Å². The number of hydrogen-bond acceptors (Lipinski definition) is 3. The van der Waals surface area contributed by atoms with Crippen molar-refractivity contribution < 1.29 is 9.53 Å². The number of amides is 2. The van der Waals surface area contributed by atoms with Crippen molar-refractivity contribution in [3.8, 4) is 0 Å². The fraction of sp³-hybridized carbons (Fsp3) is 0.611. The summed E-state index contributed by atoms with van der Waals surface area (Å²) in [6.45, 7) is 4.17. The Balaban J connectivity index is 1.94. The highest BCUT2D eigenvalue weighted by Crippen LogP contribution is 2.19. The lowest BCUT2D eigenvalue weighted by Gasteiger charge is -2.32. The zero-order chi connectivity index (χ0) is 16.8. The van der Waals surface area contributed by atoms with Gasteiger partial charge in [-0.1, -0.05) is 29.8 Å². The van der Waals surface area contributed by atoms with Crippen molar-refractivity contribution in [3.63, 3.8) is 0 Å². The zero-order valence-corrected chi connectivity index (χ0v) is 14.7. The topological polar surface area (TPSA) is 44.8 Å². The lowest BCUT2D eigenvalue weighted by Crippen LogP contribution is -2.47. The summed E-state index contributed by atoms with van der Waals surface area (Å²) in [4.78, 5) is 16.4. The van der Waals surface area contributed by atoms with Gasteiger partial charge in [0.05, 0.1) is 6.04 Å². The maximum absolute atomic E-state index is 12.4. The van der Waals surface area contributed by atoms with Crippen molar-refractivity contribution >= 4 is 6.03 Å². The summed E-state index contributed by atoms with van der Waals surface area (Å²) in [6, 6.07) is 8.90. The lowest BCUT2D eigenvalue weighted by molar-refractivity contribution is 0.0524. The second-order valence-electron chi connectivity index (χ2n) is 6.53. The van der Waals surface area contributed by atoms with Crippen LogP contribution in [0, 0.1) is 6.92 Å². The SMILES string of the molecule is Cc1cccc(C(CNC(=O)N(C)C2CCOCC2)N(C)C)c1. The standard InChI is InChI=1S/C18H29N3O2/c1-14-6-5-7-15(12-14)17(20(2)3)13-19-18(22)21(4)16-8-10-23-11-9-16/h5-7,12,16-17H,8-11,13H2,1-4H3,(H,19,22). The van der Waals surface area contributed by atoms with Gasteiger partial charge in [0, 0.05) is 32.8 Å². The molecule has 0 aliphatic carbocycles. The molecule has 1 aliphatic heterocycles. The number of aryl methyl sites for hydroxylation is 1. The molecule has 2 amide bonds. The predicted molar refractivity (Wildman–Crippen MR) is 92.6 cm³/mol. The van der Waals surface area contributed by atoms with Crippen LogP contribution in [0.2, 0.25) is 0 Å². The Kier molecular flexibility index (Phi) is 6.42. The van der Waals surface area contributed by atoms with Crippen LogP contribution >= 0.6 is 0 Å². The van der Waals surface area contributed by atoms with Crippen LogP contribution in [-0.4, -0.2) is 62.8 Å². The Hall–Kier alpha value is -1.59. The minimum Gasteiger partial charge on any atom is -0.381 e. The molecule has 0 radical (unpaired) electrons. The molecule has 1 aromatic carbocycles. The highest BCUT2D eigenvalue weighted by atomic mass is 16.5. The van der Waals surface area contributed by atoms with Crippen molar-refractivity contribution in [2.75, 3.05) is 40.9 Å². The van der Waals surface area contributed by atoms with Crippen LogP contribution in [0.1, 0.15) is 30.0 Å². The zero-order valence-electron chi connectivity index (χ0n) is 14.7. The average Bonchev–Trinajstić information content (AvgIpc) is 2.54. The van der Waals surface area contributed by atoms with E-state index >= 15 is 0 Å². The fourth-order valence-corrected chi connectivity index (χ4v) is 3.02. The van der Waals surface area contributed by atoms with Crippen molar-refractivity contribution in [1.82, 2.24) is 15.1 Å². The fourth-order valence-electron chi connectivity index (χ4n) is 3.02. The summed E-state index contributed by atoms with van der Waals surface area (Å²) in [7, 11) is 5.96. The summed E-state index contributed by atoms with van der Waals surface area (Å²) in [5.74, 6) is 0. The van der Waals surface area contributed by atoms with Crippen molar-refractivity contribution in [2.24, 2.45) is 0 Å². The molecule has 1 N–H and O–H groups in total. The number of hydrogen-bond donors (Lipinski definition) is 1. The molecule has 2 rings (SSSR count). The molecule has 0 bridgehead atoms. The lowest BCUT2D eigenvalue weighted by atomic mass is 10.0. The minimum absolute atomic E-state index is 0.00333. The predicted octanol–water partition coefficient (Wildman–Crippen LogP) is 2.42. The second kappa shape index (κ2) is 8.31. The van der Waals surface area contributed by atoms with E-state index in [-0.39, 0.29) is 18.1 Å². The molecule has 1 unspecified atom stereocenters. The van der Waals surface area contributed by atoms with Crippen LogP contribution in [0.4, 0.5) is 4.79 Å². The molecule has 0 saturated carbocycles. The van der Waals surface area contributed by atoms with Gasteiger partial charge in [-0.15, -0.1) is 0 Å². The Morgan fingerprint density at radius 2 is 2.00 bits per heavy atom. The van der Waals surface area contributed by atoms with E-state index in [1.807, 2.05) is 26.0 Å². The largest absolute Gasteiger partial charge is 0.381 e. The van der Waals surface area contributed by atoms with Crippen LogP contribution < -0.4 is 5.32 Å². The molecule has 1 saturated heterocycles. The van der Waals surface area contributed by atoms with E-state index in [1.54, 1.807) is 0 Å². The number of benzene rings is 1. The molecule has 1 fully saturated rings. The monoisotopic (exact) mass is 319 g/mol. The normalized spacial score (nSPS) is 17.1. The quantitative estimate of drug-likeness (QED) is 0.906. The van der Waals surface area contributed by atoms with E-state index in [0.717, 1.165) is 26.1 Å². The molecule has 128 valence electrons. The highest BCUT2D eigenvalue weighted by Gasteiger charge is 2.23. The van der Waals surface area contributed by atoms with Gasteiger partial charge in [0.15, 0.2) is 0 Å². The number of urea groups is 1. The maximum Gasteiger partial charge on any atom is 0.317 e. The van der Waals surface area contributed by atoms with Gasteiger partial charge >= 0.3 is 6.03 Å². The number of ether oxygens (including phenoxy) is 1. The molecule has 1 aromatic rings. The third-order valence-electron chi connectivity index (χ3n) is 4.56. The van der Waals surface area contributed by atoms with E-state index in [1.165, 1.54) is 11.1 Å². The van der Waals surface area contributed by atoms with Crippen LogP contribution in [-0.2, 0) is 4.74 Å². The molecular weight excluding hydrogens is 290 g/mol. The Labute approximate surface area is 139 Å². The molecule has 1 aliphatic rings. The summed E-state index contributed by atoms with van der Waals surface area (Å²) in [5, 5.41) is 3.08. The van der Waals surface area contributed by atoms with Gasteiger partial charge < -0.3 is 19.9 Å². The number of likely N-dealkylation sites (N-methyl/N-ethyl adjacent to an activating group) is 1. The first-order valence-electron chi connectivity index (χ1n) is 8.30. The van der Waals surface area contributed by atoms with E-state index in [2.05, 4.69) is 41.4 Å². The molecule has 0 spiro atoms. The first-order chi connectivity index (χ1) is 11.0. The molecule has 23 heavy (non-hydrogen) atoms. The molecule has 5 heteroatoms. The molecular formula is C18H29N3O2. The Morgan fingerprint density at radius 1 is 1.30 bits per heavy atom. The van der Waals surface area contributed by atoms with Crippen molar-refractivity contribution in [3.05, 3.63) is 35.4 Å². The van der Waals surface area contributed by atoms with E-state index in [9.17, 15) is 4.79 Å². The summed E-state index contributed by atoms with van der Waals surface area (Å²) < 4.78 is 5.36. The van der Waals surface area contributed by atoms with Gasteiger partial charge in [0.2, 0.25) is 0 Å². The summed E-state index contributed by atoms with van der Waals surface area (Å²) in [5.41, 5.74) is 2.46. The van der Waals surface area contributed by atoms with Gasteiger partial charge in [0.1, 0.15) is 0 Å². The highest BCUT2D eigenvalue weighted by molar-refractivity contribution is 5.74. The van der Waals surface area contributed by atoms with Crippen molar-refractivity contribution in [1.29, 1.82) is 0 Å². The molecule has 1 atom stereocenters. The van der Waals surface area contributed by atoms with Gasteiger partial charge in [-0.2, -0.15) is 0 Å². The van der Waals surface area contributed by atoms with Crippen LogP contribution in [0.5, 0.6) is 0 Å². The van der Waals surface area contributed by atoms with Crippen LogP contribution in [0.15, 0.2) is 24.3 Å². The Bertz CT molecular complexity index is 513. The van der Waals surface area contributed by atoms with Gasteiger partial charge in [-0.25, -0.2) is 4.79 Å². The summed E-state index contributed by atoms with van der Waals surface area (Å²) in [6.07, 6.45) is 1.83. The first kappa shape index (κ1) is 17.8. The van der Waals surface area contributed by atoms with E-state index < -0.39 is 0 Å². The van der Waals surface area contributed by atoms with Crippen LogP contribution in [0.3, 0.4) is 0 Å². The van der Waals surface area contributed by atoms with Gasteiger partial charge in [0.25, 0.3) is 0 Å². The third-order valence-corrected chi connectivity index (χ3v) is 4.56. The minimum atomic E-state index is -0.00333. The number of nitrogens with zero attached hydrogens (tertiary/aromatic N) is 2. The molecule has 0 aromatic heterocycles. The smallest absolute Gasteiger partial charge is 0.317 e. The first-order valence-corrected chi connectivity index (χ1v) is 8.30. The van der Waals surface area contributed by atoms with Gasteiger partial charge in [-0.3, -0.25) is 0 Å². The van der Waals surface area contributed by atoms with E-state index in [4.69, 9.17) is 4.74 Å². The molecule has 1 heterocycles. The number of nitrogens with one attached hydrogen (secondary N) is 1.